The predicted molar refractivity (Wildman–Crippen MR) is 116 cm³/mol. The Hall–Kier alpha value is -3.49. The average molecular weight is 444 g/mol. The summed E-state index contributed by atoms with van der Waals surface area (Å²) in [5.41, 5.74) is 1.62. The quantitative estimate of drug-likeness (QED) is 0.391. The number of halogens is 3. The molecule has 1 fully saturated rings. The monoisotopic (exact) mass is 444 g/mol. The van der Waals surface area contributed by atoms with E-state index in [0.717, 1.165) is 25.7 Å². The van der Waals surface area contributed by atoms with Crippen LogP contribution in [0.4, 0.5) is 30.6 Å². The smallest absolute Gasteiger partial charge is 0.508 e. The van der Waals surface area contributed by atoms with E-state index in [2.05, 4.69) is 25.3 Å². The summed E-state index contributed by atoms with van der Waals surface area (Å²) in [6.45, 7) is 0. The molecule has 2 aromatic carbocycles. The van der Waals surface area contributed by atoms with E-state index in [1.165, 1.54) is 24.6 Å². The molecule has 168 valence electrons. The van der Waals surface area contributed by atoms with Crippen LogP contribution >= 0.6 is 0 Å². The summed E-state index contributed by atoms with van der Waals surface area (Å²) >= 11 is 0. The molecule has 1 aromatic heterocycles. The third kappa shape index (κ3) is 6.03. The predicted octanol–water partition coefficient (Wildman–Crippen LogP) is 6.24. The number of aromatic hydroxyl groups is 1. The first-order valence-electron chi connectivity index (χ1n) is 10.4. The SMILES string of the molecule is Oc1ccc(Nc2cc(-c3cccc(OC(F)(F)F)c3)nc(NC3CCCCC3)n2)cc1. The molecule has 0 radical (unpaired) electrons. The van der Waals surface area contributed by atoms with Gasteiger partial charge in [0.25, 0.3) is 0 Å². The number of ether oxygens (including phenoxy) is 1. The lowest BCUT2D eigenvalue weighted by molar-refractivity contribution is -0.274. The van der Waals surface area contributed by atoms with Crippen molar-refractivity contribution >= 4 is 17.5 Å². The van der Waals surface area contributed by atoms with E-state index in [4.69, 9.17) is 0 Å². The van der Waals surface area contributed by atoms with Crippen molar-refractivity contribution in [2.45, 2.75) is 44.5 Å². The minimum atomic E-state index is -4.77. The fraction of sp³-hybridized carbons (Fsp3) is 0.304. The van der Waals surface area contributed by atoms with Crippen molar-refractivity contribution in [2.24, 2.45) is 0 Å². The molecule has 1 heterocycles. The lowest BCUT2D eigenvalue weighted by Crippen LogP contribution is -2.23. The Labute approximate surface area is 183 Å². The van der Waals surface area contributed by atoms with Crippen LogP contribution in [0.5, 0.6) is 11.5 Å². The van der Waals surface area contributed by atoms with Crippen molar-refractivity contribution in [1.82, 2.24) is 9.97 Å². The van der Waals surface area contributed by atoms with Crippen LogP contribution in [0.15, 0.2) is 54.6 Å². The molecule has 0 aliphatic heterocycles. The molecule has 0 saturated heterocycles. The number of benzene rings is 2. The zero-order valence-electron chi connectivity index (χ0n) is 17.2. The first-order valence-corrected chi connectivity index (χ1v) is 10.4. The summed E-state index contributed by atoms with van der Waals surface area (Å²) in [6.07, 6.45) is 0.731. The molecule has 3 aromatic rings. The van der Waals surface area contributed by atoms with Crippen LogP contribution in [0.25, 0.3) is 11.3 Å². The van der Waals surface area contributed by atoms with Gasteiger partial charge >= 0.3 is 6.36 Å². The van der Waals surface area contributed by atoms with Gasteiger partial charge in [0.2, 0.25) is 5.95 Å². The second-order valence-corrected chi connectivity index (χ2v) is 7.69. The second kappa shape index (κ2) is 9.33. The van der Waals surface area contributed by atoms with Crippen LogP contribution in [-0.2, 0) is 0 Å². The van der Waals surface area contributed by atoms with Crippen molar-refractivity contribution in [2.75, 3.05) is 10.6 Å². The summed E-state index contributed by atoms with van der Waals surface area (Å²) in [7, 11) is 0. The largest absolute Gasteiger partial charge is 0.573 e. The van der Waals surface area contributed by atoms with E-state index >= 15 is 0 Å². The van der Waals surface area contributed by atoms with Gasteiger partial charge in [0, 0.05) is 23.4 Å². The highest BCUT2D eigenvalue weighted by Gasteiger charge is 2.31. The minimum absolute atomic E-state index is 0.139. The molecule has 9 heteroatoms. The number of hydrogen-bond acceptors (Lipinski definition) is 6. The number of nitrogens with one attached hydrogen (secondary N) is 2. The maximum absolute atomic E-state index is 12.6. The van der Waals surface area contributed by atoms with E-state index in [1.54, 1.807) is 36.4 Å². The highest BCUT2D eigenvalue weighted by Crippen LogP contribution is 2.30. The molecule has 0 bridgehead atoms. The highest BCUT2D eigenvalue weighted by atomic mass is 19.4. The van der Waals surface area contributed by atoms with Gasteiger partial charge in [-0.25, -0.2) is 4.98 Å². The molecular weight excluding hydrogens is 421 g/mol. The van der Waals surface area contributed by atoms with E-state index < -0.39 is 6.36 Å². The van der Waals surface area contributed by atoms with E-state index in [9.17, 15) is 18.3 Å². The van der Waals surface area contributed by atoms with E-state index in [0.29, 0.717) is 28.7 Å². The van der Waals surface area contributed by atoms with Crippen molar-refractivity contribution in [3.63, 3.8) is 0 Å². The molecule has 3 N–H and O–H groups in total. The molecule has 1 aliphatic rings. The molecular formula is C23H23F3N4O2. The third-order valence-corrected chi connectivity index (χ3v) is 5.17. The molecule has 0 amide bonds. The van der Waals surface area contributed by atoms with Gasteiger partial charge in [0.05, 0.1) is 5.69 Å². The number of phenolic OH excluding ortho intramolecular Hbond substituents is 1. The lowest BCUT2D eigenvalue weighted by Gasteiger charge is -2.23. The molecule has 1 saturated carbocycles. The molecule has 6 nitrogen and oxygen atoms in total. The van der Waals surface area contributed by atoms with E-state index in [1.807, 2.05) is 0 Å². The number of alkyl halides is 3. The van der Waals surface area contributed by atoms with Crippen LogP contribution in [0.3, 0.4) is 0 Å². The highest BCUT2D eigenvalue weighted by molar-refractivity contribution is 5.68. The Morgan fingerprint density at radius 1 is 0.938 bits per heavy atom. The normalized spacial score (nSPS) is 14.7. The third-order valence-electron chi connectivity index (χ3n) is 5.17. The Balaban J connectivity index is 1.66. The topological polar surface area (TPSA) is 79.3 Å². The van der Waals surface area contributed by atoms with Gasteiger partial charge in [-0.3, -0.25) is 0 Å². The zero-order valence-corrected chi connectivity index (χ0v) is 17.2. The molecule has 0 spiro atoms. The van der Waals surface area contributed by atoms with Crippen LogP contribution in [0.2, 0.25) is 0 Å². The summed E-state index contributed by atoms with van der Waals surface area (Å²) in [4.78, 5) is 9.10. The Morgan fingerprint density at radius 2 is 1.69 bits per heavy atom. The minimum Gasteiger partial charge on any atom is -0.508 e. The van der Waals surface area contributed by atoms with Gasteiger partial charge in [-0.2, -0.15) is 4.98 Å². The Bertz CT molecular complexity index is 1050. The van der Waals surface area contributed by atoms with Gasteiger partial charge in [-0.1, -0.05) is 31.4 Å². The fourth-order valence-electron chi connectivity index (χ4n) is 3.70. The second-order valence-electron chi connectivity index (χ2n) is 7.69. The van der Waals surface area contributed by atoms with Gasteiger partial charge in [0.15, 0.2) is 0 Å². The van der Waals surface area contributed by atoms with E-state index in [-0.39, 0.29) is 17.5 Å². The molecule has 32 heavy (non-hydrogen) atoms. The van der Waals surface area contributed by atoms with Crippen LogP contribution in [0, 0.1) is 0 Å². The summed E-state index contributed by atoms with van der Waals surface area (Å²) in [5.74, 6) is 0.697. The summed E-state index contributed by atoms with van der Waals surface area (Å²) < 4.78 is 42.0. The summed E-state index contributed by atoms with van der Waals surface area (Å²) in [6, 6.07) is 14.1. The van der Waals surface area contributed by atoms with Crippen molar-refractivity contribution < 1.29 is 23.0 Å². The Morgan fingerprint density at radius 3 is 2.41 bits per heavy atom. The van der Waals surface area contributed by atoms with Crippen molar-refractivity contribution in [3.05, 3.63) is 54.6 Å². The van der Waals surface area contributed by atoms with Gasteiger partial charge < -0.3 is 20.5 Å². The zero-order chi connectivity index (χ0) is 22.6. The first-order chi connectivity index (χ1) is 15.3. The lowest BCUT2D eigenvalue weighted by atomic mass is 9.96. The number of anilines is 3. The molecule has 4 rings (SSSR count). The van der Waals surface area contributed by atoms with Crippen molar-refractivity contribution in [3.8, 4) is 22.8 Å². The number of hydrogen-bond donors (Lipinski definition) is 3. The van der Waals surface area contributed by atoms with Crippen LogP contribution < -0.4 is 15.4 Å². The average Bonchev–Trinajstić information content (AvgIpc) is 2.75. The van der Waals surface area contributed by atoms with Crippen molar-refractivity contribution in [1.29, 1.82) is 0 Å². The summed E-state index contributed by atoms with van der Waals surface area (Å²) in [5, 5.41) is 16.0. The molecule has 0 atom stereocenters. The van der Waals surface area contributed by atoms with Gasteiger partial charge in [-0.15, -0.1) is 13.2 Å². The maximum atomic E-state index is 12.6. The van der Waals surface area contributed by atoms with Gasteiger partial charge in [0.1, 0.15) is 17.3 Å². The number of nitrogens with zero attached hydrogens (tertiary/aromatic N) is 2. The molecule has 0 unspecified atom stereocenters. The first kappa shape index (κ1) is 21.7. The van der Waals surface area contributed by atoms with Gasteiger partial charge in [-0.05, 0) is 49.2 Å². The fourth-order valence-corrected chi connectivity index (χ4v) is 3.70. The standard InChI is InChI=1S/C23H23F3N4O2/c24-23(25,26)32-19-8-4-5-15(13-19)20-14-21(27-17-9-11-18(31)12-10-17)30-22(29-20)28-16-6-2-1-3-7-16/h4-5,8-14,16,31H,1-3,6-7H2,(H2,27,28,29,30). The van der Waals surface area contributed by atoms with Crippen LogP contribution in [-0.4, -0.2) is 27.5 Å². The molecule has 1 aliphatic carbocycles. The van der Waals surface area contributed by atoms with Crippen LogP contribution in [0.1, 0.15) is 32.1 Å². The number of rotatable bonds is 6. The number of aromatic nitrogens is 2. The maximum Gasteiger partial charge on any atom is 0.573 e. The Kier molecular flexibility index (Phi) is 6.34. The number of phenols is 1.